The zero-order valence-electron chi connectivity index (χ0n) is 14.2. The van der Waals surface area contributed by atoms with Gasteiger partial charge in [-0.1, -0.05) is 19.1 Å². The molecule has 0 N–H and O–H groups in total. The molecule has 2 heterocycles. The summed E-state index contributed by atoms with van der Waals surface area (Å²) in [5.74, 6) is -0.0610. The van der Waals surface area contributed by atoms with Crippen LogP contribution in [0.4, 0.5) is 0 Å². The summed E-state index contributed by atoms with van der Waals surface area (Å²) in [6, 6.07) is 6.80. The van der Waals surface area contributed by atoms with Crippen LogP contribution in [0.3, 0.4) is 0 Å². The highest BCUT2D eigenvalue weighted by molar-refractivity contribution is 5.81. The number of amides is 1. The number of carbonyl (C=O) groups is 1. The maximum atomic E-state index is 12.9. The van der Waals surface area contributed by atoms with E-state index in [4.69, 9.17) is 0 Å². The fourth-order valence-corrected chi connectivity index (χ4v) is 3.27. The van der Waals surface area contributed by atoms with E-state index in [1.165, 1.54) is 9.13 Å². The lowest BCUT2D eigenvalue weighted by Crippen LogP contribution is -2.44. The molecule has 0 unspecified atom stereocenters. The van der Waals surface area contributed by atoms with Gasteiger partial charge in [-0.3, -0.25) is 18.7 Å². The molecule has 6 nitrogen and oxygen atoms in total. The highest BCUT2D eigenvalue weighted by Crippen LogP contribution is 2.13. The molecule has 1 saturated heterocycles. The zero-order chi connectivity index (χ0) is 17.3. The molecule has 0 radical (unpaired) electrons. The number of benzene rings is 1. The second-order valence-electron chi connectivity index (χ2n) is 6.41. The quantitative estimate of drug-likeness (QED) is 0.858. The van der Waals surface area contributed by atoms with Crippen LogP contribution in [0.2, 0.25) is 0 Å². The SMILES string of the molecule is CC[C@H](C)n1c(=O)c2ccccc2n(CC(=O)N2CCCC2)c1=O. The van der Waals surface area contributed by atoms with E-state index >= 15 is 0 Å². The van der Waals surface area contributed by atoms with Crippen molar-refractivity contribution >= 4 is 16.8 Å². The average Bonchev–Trinajstić information content (AvgIpc) is 3.13. The fourth-order valence-electron chi connectivity index (χ4n) is 3.27. The number of nitrogens with zero attached hydrogens (tertiary/aromatic N) is 3. The normalized spacial score (nSPS) is 15.8. The smallest absolute Gasteiger partial charge is 0.332 e. The molecule has 1 aliphatic heterocycles. The van der Waals surface area contributed by atoms with Crippen molar-refractivity contribution in [2.75, 3.05) is 13.1 Å². The zero-order valence-corrected chi connectivity index (χ0v) is 14.2. The first-order valence-corrected chi connectivity index (χ1v) is 8.56. The Morgan fingerprint density at radius 3 is 2.50 bits per heavy atom. The van der Waals surface area contributed by atoms with Crippen molar-refractivity contribution < 1.29 is 4.79 Å². The molecule has 0 spiro atoms. The van der Waals surface area contributed by atoms with Crippen LogP contribution in [0.5, 0.6) is 0 Å². The lowest BCUT2D eigenvalue weighted by Gasteiger charge is -2.20. The molecule has 2 aromatic rings. The van der Waals surface area contributed by atoms with Gasteiger partial charge in [-0.25, -0.2) is 4.79 Å². The monoisotopic (exact) mass is 329 g/mol. The van der Waals surface area contributed by atoms with Crippen LogP contribution < -0.4 is 11.2 Å². The molecule has 1 aromatic carbocycles. The molecule has 3 rings (SSSR count). The van der Waals surface area contributed by atoms with Crippen molar-refractivity contribution in [3.8, 4) is 0 Å². The summed E-state index contributed by atoms with van der Waals surface area (Å²) in [6.45, 7) is 5.26. The second-order valence-corrected chi connectivity index (χ2v) is 6.41. The Morgan fingerprint density at radius 1 is 1.17 bits per heavy atom. The Morgan fingerprint density at radius 2 is 1.83 bits per heavy atom. The molecule has 1 amide bonds. The molecule has 0 bridgehead atoms. The van der Waals surface area contributed by atoms with E-state index in [2.05, 4.69) is 0 Å². The molecule has 1 aromatic heterocycles. The van der Waals surface area contributed by atoms with Gasteiger partial charge < -0.3 is 4.90 Å². The minimum Gasteiger partial charge on any atom is -0.341 e. The van der Waals surface area contributed by atoms with Crippen LogP contribution >= 0.6 is 0 Å². The van der Waals surface area contributed by atoms with E-state index in [-0.39, 0.29) is 24.1 Å². The van der Waals surface area contributed by atoms with Gasteiger partial charge in [0.1, 0.15) is 6.54 Å². The average molecular weight is 329 g/mol. The molecular formula is C18H23N3O3. The van der Waals surface area contributed by atoms with Crippen molar-refractivity contribution in [1.82, 2.24) is 14.0 Å². The molecule has 128 valence electrons. The third-order valence-electron chi connectivity index (χ3n) is 4.86. The van der Waals surface area contributed by atoms with Crippen molar-refractivity contribution in [2.45, 2.75) is 45.7 Å². The van der Waals surface area contributed by atoms with Crippen LogP contribution in [0.1, 0.15) is 39.2 Å². The maximum absolute atomic E-state index is 12.9. The summed E-state index contributed by atoms with van der Waals surface area (Å²) in [6.07, 6.45) is 2.69. The molecule has 1 fully saturated rings. The first-order valence-electron chi connectivity index (χ1n) is 8.56. The Kier molecular flexibility index (Phi) is 4.55. The van der Waals surface area contributed by atoms with Crippen LogP contribution in [0, 0.1) is 0 Å². The van der Waals surface area contributed by atoms with Gasteiger partial charge >= 0.3 is 5.69 Å². The Balaban J connectivity index is 2.16. The Bertz CT molecular complexity index is 875. The lowest BCUT2D eigenvalue weighted by molar-refractivity contribution is -0.130. The molecule has 24 heavy (non-hydrogen) atoms. The number of para-hydroxylation sites is 1. The van der Waals surface area contributed by atoms with Crippen molar-refractivity contribution in [3.05, 3.63) is 45.1 Å². The van der Waals surface area contributed by atoms with Gasteiger partial charge in [0.05, 0.1) is 10.9 Å². The van der Waals surface area contributed by atoms with E-state index in [1.807, 2.05) is 13.8 Å². The summed E-state index contributed by atoms with van der Waals surface area (Å²) >= 11 is 0. The molecular weight excluding hydrogens is 306 g/mol. The van der Waals surface area contributed by atoms with E-state index in [9.17, 15) is 14.4 Å². The first kappa shape index (κ1) is 16.5. The number of fused-ring (bicyclic) bond motifs is 1. The molecule has 0 saturated carbocycles. The van der Waals surface area contributed by atoms with E-state index < -0.39 is 5.69 Å². The third-order valence-corrected chi connectivity index (χ3v) is 4.86. The molecule has 6 heteroatoms. The van der Waals surface area contributed by atoms with Crippen LogP contribution in [0.25, 0.3) is 10.9 Å². The highest BCUT2D eigenvalue weighted by atomic mass is 16.2. The van der Waals surface area contributed by atoms with E-state index in [0.717, 1.165) is 25.9 Å². The number of likely N-dealkylation sites (tertiary alicyclic amines) is 1. The summed E-state index contributed by atoms with van der Waals surface area (Å²) in [5.41, 5.74) is -0.157. The number of hydrogen-bond acceptors (Lipinski definition) is 3. The van der Waals surface area contributed by atoms with Crippen LogP contribution in [-0.2, 0) is 11.3 Å². The topological polar surface area (TPSA) is 64.3 Å². The molecule has 1 aliphatic rings. The van der Waals surface area contributed by atoms with Crippen molar-refractivity contribution in [3.63, 3.8) is 0 Å². The van der Waals surface area contributed by atoms with E-state index in [1.54, 1.807) is 29.2 Å². The van der Waals surface area contributed by atoms with Crippen LogP contribution in [-0.4, -0.2) is 33.0 Å². The van der Waals surface area contributed by atoms with Gasteiger partial charge in [-0.05, 0) is 38.3 Å². The minimum absolute atomic E-state index is 0.0178. The fraction of sp³-hybridized carbons (Fsp3) is 0.500. The summed E-state index contributed by atoms with van der Waals surface area (Å²) in [5, 5.41) is 0.478. The van der Waals surface area contributed by atoms with Crippen molar-refractivity contribution in [1.29, 1.82) is 0 Å². The lowest BCUT2D eigenvalue weighted by atomic mass is 10.2. The van der Waals surface area contributed by atoms with Gasteiger partial charge in [-0.2, -0.15) is 0 Å². The minimum atomic E-state index is -0.402. The Labute approximate surface area is 140 Å². The van der Waals surface area contributed by atoms with Crippen molar-refractivity contribution in [2.24, 2.45) is 0 Å². The van der Waals surface area contributed by atoms with Gasteiger partial charge in [0.15, 0.2) is 0 Å². The van der Waals surface area contributed by atoms with Gasteiger partial charge in [0, 0.05) is 19.1 Å². The molecule has 1 atom stereocenters. The van der Waals surface area contributed by atoms with E-state index in [0.29, 0.717) is 17.3 Å². The van der Waals surface area contributed by atoms with Gasteiger partial charge in [0.25, 0.3) is 5.56 Å². The third kappa shape index (κ3) is 2.77. The largest absolute Gasteiger partial charge is 0.341 e. The number of rotatable bonds is 4. The van der Waals surface area contributed by atoms with Gasteiger partial charge in [-0.15, -0.1) is 0 Å². The molecule has 0 aliphatic carbocycles. The second kappa shape index (κ2) is 6.63. The summed E-state index contributed by atoms with van der Waals surface area (Å²) < 4.78 is 2.73. The summed E-state index contributed by atoms with van der Waals surface area (Å²) in [4.78, 5) is 39.9. The number of carbonyl (C=O) groups excluding carboxylic acids is 1. The highest BCUT2D eigenvalue weighted by Gasteiger charge is 2.22. The maximum Gasteiger partial charge on any atom is 0.332 e. The Hall–Kier alpha value is -2.37. The van der Waals surface area contributed by atoms with Crippen LogP contribution in [0.15, 0.2) is 33.9 Å². The predicted molar refractivity (Wildman–Crippen MR) is 93.3 cm³/mol. The number of hydrogen-bond donors (Lipinski definition) is 0. The standard InChI is InChI=1S/C18H23N3O3/c1-3-13(2)21-17(23)14-8-4-5-9-15(14)20(18(21)24)12-16(22)19-10-6-7-11-19/h4-5,8-9,13H,3,6-7,10-12H2,1-2H3/t13-/m0/s1. The number of aromatic nitrogens is 2. The first-order chi connectivity index (χ1) is 11.5. The van der Waals surface area contributed by atoms with Gasteiger partial charge in [0.2, 0.25) is 5.91 Å². The predicted octanol–water partition coefficient (Wildman–Crippen LogP) is 1.76. The summed E-state index contributed by atoms with van der Waals surface area (Å²) in [7, 11) is 0.